The van der Waals surface area contributed by atoms with E-state index in [2.05, 4.69) is 21.0 Å². The number of hydrogen-bond acceptors (Lipinski definition) is 10. The molecule has 3 aromatic rings. The number of aromatic nitrogens is 1. The summed E-state index contributed by atoms with van der Waals surface area (Å²) in [7, 11) is 3.08. The summed E-state index contributed by atoms with van der Waals surface area (Å²) in [5, 5.41) is 16.3. The maximum absolute atomic E-state index is 13.5. The second-order valence-corrected chi connectivity index (χ2v) is 7.11. The van der Waals surface area contributed by atoms with E-state index in [4.69, 9.17) is 14.2 Å². The largest absolute Gasteiger partial charge is 0.494 e. The number of nitrogens with one attached hydrogen (secondary N) is 2. The van der Waals surface area contributed by atoms with Gasteiger partial charge in [0, 0.05) is 28.1 Å². The summed E-state index contributed by atoms with van der Waals surface area (Å²) in [6.45, 7) is 2.66. The number of ether oxygens (including phenoxy) is 3. The van der Waals surface area contributed by atoms with E-state index < -0.39 is 0 Å². The first-order chi connectivity index (χ1) is 16.1. The number of hydrazone groups is 1. The number of aliphatic hydroxyl groups excluding tert-OH is 1. The number of carbonyl (C=O) groups excluding carboxylic acids is 1. The lowest BCUT2D eigenvalue weighted by molar-refractivity contribution is 0.103. The molecule has 0 atom stereocenters. The Morgan fingerprint density at radius 1 is 1.12 bits per heavy atom. The Balaban J connectivity index is 1.84. The predicted octanol–water partition coefficient (Wildman–Crippen LogP) is 1.86. The van der Waals surface area contributed by atoms with E-state index in [1.807, 2.05) is 6.92 Å². The third-order valence-corrected chi connectivity index (χ3v) is 5.12. The number of aliphatic hydroxyl groups is 1. The van der Waals surface area contributed by atoms with Crippen molar-refractivity contribution in [2.24, 2.45) is 5.10 Å². The molecule has 172 valence electrons. The van der Waals surface area contributed by atoms with Crippen LogP contribution in [0.25, 0.3) is 10.8 Å². The first-order valence-corrected chi connectivity index (χ1v) is 10.4. The fourth-order valence-electron chi connectivity index (χ4n) is 3.58. The van der Waals surface area contributed by atoms with Crippen LogP contribution in [-0.4, -0.2) is 60.8 Å². The van der Waals surface area contributed by atoms with Crippen molar-refractivity contribution in [1.29, 1.82) is 0 Å². The van der Waals surface area contributed by atoms with Crippen LogP contribution in [0.3, 0.4) is 0 Å². The minimum absolute atomic E-state index is 0.0545. The van der Waals surface area contributed by atoms with Gasteiger partial charge in [-0.05, 0) is 31.2 Å². The SMILES string of the molecule is CCOc1cccc(C(=O)c2ncc(C3=NNN(CCO)N3)c3cc(OC)c(OC)cc23)c1. The molecule has 3 N–H and O–H groups in total. The summed E-state index contributed by atoms with van der Waals surface area (Å²) in [5.74, 6) is 1.84. The minimum Gasteiger partial charge on any atom is -0.494 e. The number of pyridine rings is 1. The molecular weight excluding hydrogens is 426 g/mol. The van der Waals surface area contributed by atoms with E-state index in [1.165, 1.54) is 7.11 Å². The van der Waals surface area contributed by atoms with Crippen molar-refractivity contribution >= 4 is 22.4 Å². The summed E-state index contributed by atoms with van der Waals surface area (Å²) in [6, 6.07) is 10.5. The number of ketones is 1. The third-order valence-electron chi connectivity index (χ3n) is 5.12. The molecule has 10 nitrogen and oxygen atoms in total. The number of nitrogens with zero attached hydrogens (tertiary/aromatic N) is 3. The van der Waals surface area contributed by atoms with Crippen molar-refractivity contribution in [3.63, 3.8) is 0 Å². The Bertz CT molecular complexity index is 1210. The first-order valence-electron chi connectivity index (χ1n) is 10.4. The number of β-amino-alcohol motifs (C(OH)–C–C–N with tert-alkyl or cyclic N) is 1. The first kappa shape index (κ1) is 22.3. The van der Waals surface area contributed by atoms with Gasteiger partial charge in [0.2, 0.25) is 5.78 Å². The molecule has 2 aromatic carbocycles. The van der Waals surface area contributed by atoms with Gasteiger partial charge in [0.15, 0.2) is 17.3 Å². The lowest BCUT2D eigenvalue weighted by atomic mass is 9.98. The number of fused-ring (bicyclic) bond motifs is 1. The van der Waals surface area contributed by atoms with Crippen molar-refractivity contribution in [3.8, 4) is 17.2 Å². The molecule has 0 unspecified atom stereocenters. The summed E-state index contributed by atoms with van der Waals surface area (Å²) in [5.41, 5.74) is 7.24. The van der Waals surface area contributed by atoms with Gasteiger partial charge in [-0.2, -0.15) is 0 Å². The van der Waals surface area contributed by atoms with Gasteiger partial charge in [0.25, 0.3) is 0 Å². The number of hydrazine groups is 2. The molecule has 10 heteroatoms. The molecule has 33 heavy (non-hydrogen) atoms. The van der Waals surface area contributed by atoms with E-state index in [1.54, 1.807) is 54.8 Å². The van der Waals surface area contributed by atoms with Crippen molar-refractivity contribution in [1.82, 2.24) is 21.1 Å². The second-order valence-electron chi connectivity index (χ2n) is 7.11. The summed E-state index contributed by atoms with van der Waals surface area (Å²) >= 11 is 0. The molecule has 0 amide bonds. The average Bonchev–Trinajstić information content (AvgIpc) is 3.31. The minimum atomic E-state index is -0.248. The van der Waals surface area contributed by atoms with Gasteiger partial charge < -0.3 is 19.3 Å². The van der Waals surface area contributed by atoms with Crippen LogP contribution in [0.1, 0.15) is 28.5 Å². The van der Waals surface area contributed by atoms with Crippen LogP contribution in [0.2, 0.25) is 0 Å². The molecule has 0 aliphatic carbocycles. The zero-order chi connectivity index (χ0) is 23.4. The number of benzene rings is 2. The number of amidine groups is 1. The fourth-order valence-corrected chi connectivity index (χ4v) is 3.58. The molecule has 0 radical (unpaired) electrons. The fraction of sp³-hybridized carbons (Fsp3) is 0.261. The van der Waals surface area contributed by atoms with Gasteiger partial charge in [0.05, 0.1) is 34.0 Å². The summed E-state index contributed by atoms with van der Waals surface area (Å²) in [6.07, 6.45) is 1.59. The molecule has 2 heterocycles. The Hall–Kier alpha value is -3.89. The molecule has 1 aliphatic rings. The molecule has 0 saturated carbocycles. The molecule has 0 spiro atoms. The van der Waals surface area contributed by atoms with Crippen molar-refractivity contribution < 1.29 is 24.1 Å². The van der Waals surface area contributed by atoms with Crippen molar-refractivity contribution in [2.45, 2.75) is 6.92 Å². The smallest absolute Gasteiger partial charge is 0.212 e. The maximum atomic E-state index is 13.5. The molecule has 0 fully saturated rings. The normalized spacial score (nSPS) is 13.3. The highest BCUT2D eigenvalue weighted by Crippen LogP contribution is 2.35. The predicted molar refractivity (Wildman–Crippen MR) is 122 cm³/mol. The Morgan fingerprint density at radius 3 is 2.58 bits per heavy atom. The molecule has 4 rings (SSSR count). The molecular formula is C23H25N5O5. The van der Waals surface area contributed by atoms with Crippen molar-refractivity contribution in [2.75, 3.05) is 34.0 Å². The third kappa shape index (κ3) is 4.38. The van der Waals surface area contributed by atoms with Crippen LogP contribution in [0.15, 0.2) is 47.7 Å². The van der Waals surface area contributed by atoms with E-state index in [9.17, 15) is 9.90 Å². The van der Waals surface area contributed by atoms with Gasteiger partial charge in [0.1, 0.15) is 11.4 Å². The standard InChI is InChI=1S/C23H25N5O5/c1-4-33-15-7-5-6-14(10-15)22(30)21-17-12-20(32-3)19(31-2)11-16(17)18(13-24-21)23-25-27-28(26-23)8-9-29/h5-7,10-13,27,29H,4,8-9H2,1-3H3,(H,25,26). The highest BCUT2D eigenvalue weighted by molar-refractivity contribution is 6.19. The quantitative estimate of drug-likeness (QED) is 0.419. The molecule has 1 aromatic heterocycles. The van der Waals surface area contributed by atoms with Crippen LogP contribution in [-0.2, 0) is 0 Å². The molecule has 1 aliphatic heterocycles. The van der Waals surface area contributed by atoms with Gasteiger partial charge in [-0.1, -0.05) is 12.1 Å². The zero-order valence-corrected chi connectivity index (χ0v) is 18.6. The van der Waals surface area contributed by atoms with Crippen molar-refractivity contribution in [3.05, 3.63) is 59.4 Å². The van der Waals surface area contributed by atoms with Crippen LogP contribution < -0.4 is 25.2 Å². The van der Waals surface area contributed by atoms with E-state index in [-0.39, 0.29) is 18.1 Å². The zero-order valence-electron chi connectivity index (χ0n) is 18.6. The van der Waals surface area contributed by atoms with Crippen LogP contribution in [0, 0.1) is 0 Å². The Morgan fingerprint density at radius 2 is 1.88 bits per heavy atom. The number of rotatable bonds is 9. The summed E-state index contributed by atoms with van der Waals surface area (Å²) < 4.78 is 16.5. The highest BCUT2D eigenvalue weighted by atomic mass is 16.5. The summed E-state index contributed by atoms with van der Waals surface area (Å²) in [4.78, 5) is 18.0. The topological polar surface area (TPSA) is 118 Å². The second kappa shape index (κ2) is 9.72. The Kier molecular flexibility index (Phi) is 6.57. The molecule has 0 bridgehead atoms. The van der Waals surface area contributed by atoms with Gasteiger partial charge in [-0.3, -0.25) is 15.2 Å². The van der Waals surface area contributed by atoms with E-state index >= 15 is 0 Å². The maximum Gasteiger partial charge on any atom is 0.212 e. The number of hydrogen-bond donors (Lipinski definition) is 3. The van der Waals surface area contributed by atoms with Crippen LogP contribution in [0.4, 0.5) is 0 Å². The Labute approximate surface area is 190 Å². The lowest BCUT2D eigenvalue weighted by Gasteiger charge is -2.16. The molecule has 0 saturated heterocycles. The van der Waals surface area contributed by atoms with Crippen LogP contribution >= 0.6 is 0 Å². The van der Waals surface area contributed by atoms with E-state index in [0.717, 1.165) is 0 Å². The average molecular weight is 451 g/mol. The lowest BCUT2D eigenvalue weighted by Crippen LogP contribution is -2.43. The highest BCUT2D eigenvalue weighted by Gasteiger charge is 2.23. The number of methoxy groups -OCH3 is 2. The van der Waals surface area contributed by atoms with Crippen LogP contribution in [0.5, 0.6) is 17.2 Å². The van der Waals surface area contributed by atoms with E-state index in [0.29, 0.717) is 58.1 Å². The monoisotopic (exact) mass is 451 g/mol. The van der Waals surface area contributed by atoms with Gasteiger partial charge in [-0.15, -0.1) is 10.2 Å². The van der Waals surface area contributed by atoms with Gasteiger partial charge in [-0.25, -0.2) is 5.53 Å². The number of carbonyl (C=O) groups is 1. The van der Waals surface area contributed by atoms with Gasteiger partial charge >= 0.3 is 0 Å².